The Hall–Kier alpha value is -8.34. The van der Waals surface area contributed by atoms with Gasteiger partial charge in [0, 0.05) is 42.8 Å². The van der Waals surface area contributed by atoms with Gasteiger partial charge in [0.2, 0.25) is 0 Å². The lowest BCUT2D eigenvalue weighted by Gasteiger charge is -2.47. The first-order chi connectivity index (χ1) is 37.3. The standard InChI is InChI=1S/C68H45NSSi/c1-4-19-44(20-5-1)45-21-16-26-50(41-45)71(48-22-6-2-7-23-48,49-24-8-3-9-25-49)64-36-18-32-56-65-53-29-10-11-30-54(53)68(67(56)64)66-55(65)31-17-34-61(66)69-59-33-14-12-27-51(59)57-42-46(37-39-60(57)69)47-38-40-63-58(43-47)52-28-13-15-35-62(52)70-63/h1-43,65,68H/i1D,4D,5D,19D,20D. The monoisotopic (exact) mass is 940 g/mol. The summed E-state index contributed by atoms with van der Waals surface area (Å²) in [6.07, 6.45) is 0. The van der Waals surface area contributed by atoms with Gasteiger partial charge in [0.1, 0.15) is 0 Å². The summed E-state index contributed by atoms with van der Waals surface area (Å²) in [4.78, 5) is 0. The Labute approximate surface area is 425 Å². The van der Waals surface area contributed by atoms with Crippen LogP contribution >= 0.6 is 11.3 Å². The molecule has 2 aromatic heterocycles. The van der Waals surface area contributed by atoms with Gasteiger partial charge in [-0.25, -0.2) is 0 Å². The molecule has 332 valence electrons. The van der Waals surface area contributed by atoms with Crippen LogP contribution in [0.4, 0.5) is 0 Å². The van der Waals surface area contributed by atoms with Crippen molar-refractivity contribution >= 4 is 82.1 Å². The number of aromatic nitrogens is 1. The zero-order valence-corrected chi connectivity index (χ0v) is 40.3. The SMILES string of the molecule is [2H]c1c([2H])c([2H])c(-c2cccc([Si](c3ccccc3)(c3ccccc3)c3cccc4c3C3c5ccccc5C4c4cccc(-n5c6ccccc6c6cc(-c7ccc8sc9ccccc9c8c7)ccc65)c43)c2)c([2H])c1[2H]. The van der Waals surface area contributed by atoms with Gasteiger partial charge in [0.15, 0.2) is 8.07 Å². The molecular formula is C68H45NSSi. The van der Waals surface area contributed by atoms with Crippen LogP contribution in [0.1, 0.15) is 52.1 Å². The molecule has 3 aliphatic carbocycles. The highest BCUT2D eigenvalue weighted by molar-refractivity contribution is 7.25. The molecule has 3 aliphatic rings. The molecule has 0 saturated heterocycles. The second-order valence-corrected chi connectivity index (χ2v) is 23.9. The maximum atomic E-state index is 9.12. The fraction of sp³-hybridized carbons (Fsp3) is 0.0294. The first-order valence-electron chi connectivity index (χ1n) is 26.9. The number of rotatable bonds is 7. The van der Waals surface area contributed by atoms with Gasteiger partial charge >= 0.3 is 0 Å². The van der Waals surface area contributed by atoms with Crippen molar-refractivity contribution in [2.45, 2.75) is 11.8 Å². The van der Waals surface area contributed by atoms with Crippen LogP contribution in [0.15, 0.2) is 261 Å². The Bertz CT molecular complexity index is 4490. The number of para-hydroxylation sites is 1. The molecule has 71 heavy (non-hydrogen) atoms. The van der Waals surface area contributed by atoms with E-state index in [1.807, 2.05) is 23.5 Å². The van der Waals surface area contributed by atoms with Gasteiger partial charge < -0.3 is 4.57 Å². The number of nitrogens with zero attached hydrogens (tertiary/aromatic N) is 1. The fourth-order valence-electron chi connectivity index (χ4n) is 12.8. The Morgan fingerprint density at radius 2 is 0.930 bits per heavy atom. The van der Waals surface area contributed by atoms with E-state index in [0.29, 0.717) is 5.56 Å². The van der Waals surface area contributed by atoms with E-state index in [1.54, 1.807) is 0 Å². The molecule has 0 aliphatic heterocycles. The van der Waals surface area contributed by atoms with E-state index in [2.05, 4.69) is 223 Å². The summed E-state index contributed by atoms with van der Waals surface area (Å²) in [6, 6.07) is 83.1. The zero-order valence-electron chi connectivity index (χ0n) is 43.4. The zero-order chi connectivity index (χ0) is 51.0. The van der Waals surface area contributed by atoms with E-state index in [9.17, 15) is 0 Å². The second-order valence-electron chi connectivity index (χ2n) is 19.0. The highest BCUT2D eigenvalue weighted by Gasteiger charge is 2.50. The summed E-state index contributed by atoms with van der Waals surface area (Å²) >= 11 is 1.85. The minimum atomic E-state index is -3.39. The Kier molecular flexibility index (Phi) is 7.97. The molecule has 11 aromatic carbocycles. The highest BCUT2D eigenvalue weighted by Crippen LogP contribution is 2.57. The quantitative estimate of drug-likeness (QED) is 0.111. The predicted molar refractivity (Wildman–Crippen MR) is 303 cm³/mol. The normalized spacial score (nSPS) is 15.7. The smallest absolute Gasteiger partial charge is 0.179 e. The molecular weight excluding hydrogens is 891 g/mol. The average molecular weight is 941 g/mol. The molecule has 3 heteroatoms. The van der Waals surface area contributed by atoms with Crippen molar-refractivity contribution in [3.05, 3.63) is 294 Å². The van der Waals surface area contributed by atoms with E-state index < -0.39 is 14.1 Å². The number of benzene rings is 11. The van der Waals surface area contributed by atoms with Crippen LogP contribution in [-0.4, -0.2) is 12.6 Å². The van der Waals surface area contributed by atoms with Gasteiger partial charge in [-0.05, 0) is 119 Å². The van der Waals surface area contributed by atoms with Gasteiger partial charge in [-0.15, -0.1) is 11.3 Å². The van der Waals surface area contributed by atoms with E-state index >= 15 is 0 Å². The molecule has 0 saturated carbocycles. The Morgan fingerprint density at radius 1 is 0.366 bits per heavy atom. The predicted octanol–water partition coefficient (Wildman–Crippen LogP) is 14.9. The fourth-order valence-corrected chi connectivity index (χ4v) is 18.9. The molecule has 2 heterocycles. The van der Waals surface area contributed by atoms with Crippen molar-refractivity contribution in [1.29, 1.82) is 0 Å². The summed E-state index contributed by atoms with van der Waals surface area (Å²) in [7, 11) is -3.39. The molecule has 2 atom stereocenters. The van der Waals surface area contributed by atoms with Crippen LogP contribution in [-0.2, 0) is 0 Å². The molecule has 0 fully saturated rings. The molecule has 0 amide bonds. The van der Waals surface area contributed by atoms with Crippen LogP contribution in [0.25, 0.3) is 69.9 Å². The third kappa shape index (κ3) is 5.91. The molecule has 2 bridgehead atoms. The van der Waals surface area contributed by atoms with Crippen molar-refractivity contribution in [1.82, 2.24) is 4.57 Å². The Balaban J connectivity index is 0.991. The van der Waals surface area contributed by atoms with Crippen molar-refractivity contribution in [3.8, 4) is 27.9 Å². The lowest BCUT2D eigenvalue weighted by atomic mass is 9.60. The highest BCUT2D eigenvalue weighted by atomic mass is 32.1. The van der Waals surface area contributed by atoms with Crippen molar-refractivity contribution < 1.29 is 6.85 Å². The first-order valence-corrected chi connectivity index (χ1v) is 27.2. The van der Waals surface area contributed by atoms with Gasteiger partial charge in [-0.3, -0.25) is 0 Å². The lowest BCUT2D eigenvalue weighted by Crippen LogP contribution is -2.75. The molecule has 0 spiro atoms. The minimum absolute atomic E-state index is 0.0374. The van der Waals surface area contributed by atoms with Gasteiger partial charge in [0.25, 0.3) is 0 Å². The lowest BCUT2D eigenvalue weighted by molar-refractivity contribution is 0.752. The van der Waals surface area contributed by atoms with E-state index in [4.69, 9.17) is 6.85 Å². The molecule has 1 nitrogen and oxygen atoms in total. The van der Waals surface area contributed by atoms with Crippen molar-refractivity contribution in [2.75, 3.05) is 0 Å². The van der Waals surface area contributed by atoms with E-state index in [-0.39, 0.29) is 41.6 Å². The van der Waals surface area contributed by atoms with E-state index in [0.717, 1.165) is 16.2 Å². The van der Waals surface area contributed by atoms with Crippen LogP contribution in [0.2, 0.25) is 0 Å². The summed E-state index contributed by atoms with van der Waals surface area (Å²) in [5.74, 6) is -0.186. The van der Waals surface area contributed by atoms with Crippen LogP contribution in [0.3, 0.4) is 0 Å². The number of fused-ring (bicyclic) bond motifs is 6. The molecule has 0 radical (unpaired) electrons. The summed E-state index contributed by atoms with van der Waals surface area (Å²) < 4.78 is 49.2. The largest absolute Gasteiger partial charge is 0.309 e. The summed E-state index contributed by atoms with van der Waals surface area (Å²) in [5.41, 5.74) is 14.6. The van der Waals surface area contributed by atoms with E-state index in [1.165, 1.54) is 96.7 Å². The maximum absolute atomic E-state index is 9.12. The number of hydrogen-bond acceptors (Lipinski definition) is 1. The van der Waals surface area contributed by atoms with Crippen molar-refractivity contribution in [3.63, 3.8) is 0 Å². The van der Waals surface area contributed by atoms with Crippen molar-refractivity contribution in [2.24, 2.45) is 0 Å². The number of thiophene rings is 1. The second kappa shape index (κ2) is 15.8. The molecule has 13 aromatic rings. The van der Waals surface area contributed by atoms with Crippen LogP contribution < -0.4 is 20.7 Å². The first kappa shape index (κ1) is 35.7. The van der Waals surface area contributed by atoms with Crippen LogP contribution in [0.5, 0.6) is 0 Å². The van der Waals surface area contributed by atoms with Gasteiger partial charge in [-0.2, -0.15) is 0 Å². The number of hydrogen-bond donors (Lipinski definition) is 0. The third-order valence-electron chi connectivity index (χ3n) is 15.6. The molecule has 16 rings (SSSR count). The van der Waals surface area contributed by atoms with Crippen LogP contribution in [0, 0.1) is 0 Å². The molecule has 0 N–H and O–H groups in total. The summed E-state index contributed by atoms with van der Waals surface area (Å²) in [5, 5.41) is 9.73. The van der Waals surface area contributed by atoms with Gasteiger partial charge in [-0.1, -0.05) is 218 Å². The topological polar surface area (TPSA) is 4.93 Å². The maximum Gasteiger partial charge on any atom is 0.179 e. The summed E-state index contributed by atoms with van der Waals surface area (Å²) in [6.45, 7) is 0. The third-order valence-corrected chi connectivity index (χ3v) is 21.6. The average Bonchev–Trinajstić information content (AvgIpc) is 4.11. The minimum Gasteiger partial charge on any atom is -0.309 e. The Morgan fingerprint density at radius 3 is 1.72 bits per heavy atom. The van der Waals surface area contributed by atoms with Gasteiger partial charge in [0.05, 0.1) is 23.6 Å². The molecule has 2 unspecified atom stereocenters.